The van der Waals surface area contributed by atoms with Crippen LogP contribution in [-0.2, 0) is 5.41 Å². The second-order valence-electron chi connectivity index (χ2n) is 4.19. The summed E-state index contributed by atoms with van der Waals surface area (Å²) in [7, 11) is 1.70. The molecule has 0 aliphatic carbocycles. The number of methoxy groups -OCH3 is 1. The molecule has 2 heteroatoms. The first-order valence-corrected chi connectivity index (χ1v) is 5.11. The van der Waals surface area contributed by atoms with E-state index in [1.54, 1.807) is 7.11 Å². The highest BCUT2D eigenvalue weighted by Gasteiger charge is 2.24. The highest BCUT2D eigenvalue weighted by Crippen LogP contribution is 2.32. The Kier molecular flexibility index (Phi) is 3.50. The summed E-state index contributed by atoms with van der Waals surface area (Å²) in [6, 6.07) is 3.88. The maximum Gasteiger partial charge on any atom is 0.140 e. The quantitative estimate of drug-likeness (QED) is 0.732. The normalized spacial score (nSPS) is 11.4. The first kappa shape index (κ1) is 11.0. The van der Waals surface area contributed by atoms with Gasteiger partial charge in [0.05, 0.1) is 12.8 Å². The Bertz CT molecular complexity index is 294. The van der Waals surface area contributed by atoms with Crippen LogP contribution in [0.25, 0.3) is 0 Å². The molecule has 0 aliphatic rings. The van der Waals surface area contributed by atoms with Gasteiger partial charge in [-0.05, 0) is 18.6 Å². The largest absolute Gasteiger partial charge is 0.495 e. The summed E-state index contributed by atoms with van der Waals surface area (Å²) >= 11 is 0. The Morgan fingerprint density at radius 3 is 2.71 bits per heavy atom. The topological polar surface area (TPSA) is 22.1 Å². The zero-order valence-electron chi connectivity index (χ0n) is 9.50. The van der Waals surface area contributed by atoms with Crippen LogP contribution in [0.1, 0.15) is 39.3 Å². The van der Waals surface area contributed by atoms with Gasteiger partial charge in [-0.1, -0.05) is 27.2 Å². The lowest BCUT2D eigenvalue weighted by Crippen LogP contribution is -2.19. The van der Waals surface area contributed by atoms with Crippen LogP contribution in [0.15, 0.2) is 18.3 Å². The van der Waals surface area contributed by atoms with Crippen molar-refractivity contribution in [1.82, 2.24) is 4.98 Å². The van der Waals surface area contributed by atoms with Crippen LogP contribution in [0.3, 0.4) is 0 Å². The number of aromatic nitrogens is 1. The molecule has 78 valence electrons. The zero-order chi connectivity index (χ0) is 10.6. The number of ether oxygens (including phenoxy) is 1. The Morgan fingerprint density at radius 1 is 1.43 bits per heavy atom. The van der Waals surface area contributed by atoms with Crippen molar-refractivity contribution in [3.8, 4) is 5.75 Å². The SMILES string of the molecule is CCCC(C)(C)c1ncccc1OC. The second kappa shape index (κ2) is 4.45. The van der Waals surface area contributed by atoms with Crippen LogP contribution in [0.2, 0.25) is 0 Å². The van der Waals surface area contributed by atoms with Gasteiger partial charge in [-0.2, -0.15) is 0 Å². The monoisotopic (exact) mass is 193 g/mol. The second-order valence-corrected chi connectivity index (χ2v) is 4.19. The Labute approximate surface area is 86.3 Å². The molecule has 0 N–H and O–H groups in total. The average Bonchev–Trinajstić information content (AvgIpc) is 2.18. The van der Waals surface area contributed by atoms with E-state index in [1.807, 2.05) is 18.3 Å². The van der Waals surface area contributed by atoms with E-state index in [2.05, 4.69) is 25.8 Å². The number of hydrogen-bond acceptors (Lipinski definition) is 2. The van der Waals surface area contributed by atoms with E-state index < -0.39 is 0 Å². The summed E-state index contributed by atoms with van der Waals surface area (Å²) < 4.78 is 5.32. The van der Waals surface area contributed by atoms with E-state index in [4.69, 9.17) is 4.74 Å². The van der Waals surface area contributed by atoms with E-state index in [0.29, 0.717) is 0 Å². The lowest BCUT2D eigenvalue weighted by Gasteiger charge is -2.24. The molecule has 0 amide bonds. The van der Waals surface area contributed by atoms with Gasteiger partial charge in [-0.3, -0.25) is 4.98 Å². The van der Waals surface area contributed by atoms with Crippen LogP contribution in [0.4, 0.5) is 0 Å². The maximum absolute atomic E-state index is 5.32. The number of rotatable bonds is 4. The molecule has 0 unspecified atom stereocenters. The maximum atomic E-state index is 5.32. The van der Waals surface area contributed by atoms with Crippen molar-refractivity contribution in [3.05, 3.63) is 24.0 Å². The number of hydrogen-bond donors (Lipinski definition) is 0. The average molecular weight is 193 g/mol. The van der Waals surface area contributed by atoms with E-state index in [1.165, 1.54) is 0 Å². The minimum absolute atomic E-state index is 0.0986. The molecule has 14 heavy (non-hydrogen) atoms. The van der Waals surface area contributed by atoms with Gasteiger partial charge >= 0.3 is 0 Å². The molecule has 0 aromatic carbocycles. The third-order valence-electron chi connectivity index (χ3n) is 2.51. The number of pyridine rings is 1. The molecule has 0 atom stereocenters. The summed E-state index contributed by atoms with van der Waals surface area (Å²) in [5, 5.41) is 0. The van der Waals surface area contributed by atoms with Crippen LogP contribution < -0.4 is 4.74 Å². The van der Waals surface area contributed by atoms with Crippen LogP contribution in [0, 0.1) is 0 Å². The van der Waals surface area contributed by atoms with Gasteiger partial charge in [0.15, 0.2) is 0 Å². The predicted molar refractivity (Wildman–Crippen MR) is 58.7 cm³/mol. The first-order chi connectivity index (χ1) is 6.61. The molecule has 1 aromatic rings. The van der Waals surface area contributed by atoms with Crippen molar-refractivity contribution in [2.24, 2.45) is 0 Å². The van der Waals surface area contributed by atoms with Crippen molar-refractivity contribution >= 4 is 0 Å². The van der Waals surface area contributed by atoms with Crippen molar-refractivity contribution in [2.45, 2.75) is 39.0 Å². The molecule has 1 rings (SSSR count). The summed E-state index contributed by atoms with van der Waals surface area (Å²) in [4.78, 5) is 4.41. The van der Waals surface area contributed by atoms with Gasteiger partial charge in [0, 0.05) is 11.6 Å². The highest BCUT2D eigenvalue weighted by molar-refractivity contribution is 5.32. The van der Waals surface area contributed by atoms with Crippen molar-refractivity contribution in [1.29, 1.82) is 0 Å². The third kappa shape index (κ3) is 2.25. The summed E-state index contributed by atoms with van der Waals surface area (Å²) in [6.45, 7) is 6.61. The highest BCUT2D eigenvalue weighted by atomic mass is 16.5. The number of nitrogens with zero attached hydrogens (tertiary/aromatic N) is 1. The Morgan fingerprint density at radius 2 is 2.14 bits per heavy atom. The minimum Gasteiger partial charge on any atom is -0.495 e. The lowest BCUT2D eigenvalue weighted by molar-refractivity contribution is 0.376. The molecule has 1 heterocycles. The molecule has 0 bridgehead atoms. The molecule has 1 aromatic heterocycles. The molecule has 0 saturated heterocycles. The molecule has 0 radical (unpaired) electrons. The summed E-state index contributed by atoms with van der Waals surface area (Å²) in [5.74, 6) is 0.894. The smallest absolute Gasteiger partial charge is 0.140 e. The van der Waals surface area contributed by atoms with Crippen molar-refractivity contribution in [2.75, 3.05) is 7.11 Å². The fourth-order valence-corrected chi connectivity index (χ4v) is 1.81. The van der Waals surface area contributed by atoms with Crippen molar-refractivity contribution < 1.29 is 4.74 Å². The van der Waals surface area contributed by atoms with Gasteiger partial charge in [0.25, 0.3) is 0 Å². The Hall–Kier alpha value is -1.05. The standard InChI is InChI=1S/C12H19NO/c1-5-8-12(2,3)11-10(14-4)7-6-9-13-11/h6-7,9H,5,8H2,1-4H3. The predicted octanol–water partition coefficient (Wildman–Crippen LogP) is 3.17. The van der Waals surface area contributed by atoms with E-state index in [9.17, 15) is 0 Å². The fourth-order valence-electron chi connectivity index (χ4n) is 1.81. The first-order valence-electron chi connectivity index (χ1n) is 5.11. The Balaban J connectivity index is 3.04. The molecular weight excluding hydrogens is 174 g/mol. The molecular formula is C12H19NO. The van der Waals surface area contributed by atoms with Gasteiger partial charge in [0.2, 0.25) is 0 Å². The van der Waals surface area contributed by atoms with Crippen LogP contribution in [-0.4, -0.2) is 12.1 Å². The fraction of sp³-hybridized carbons (Fsp3) is 0.583. The third-order valence-corrected chi connectivity index (χ3v) is 2.51. The minimum atomic E-state index is 0.0986. The van der Waals surface area contributed by atoms with Crippen LogP contribution in [0.5, 0.6) is 5.75 Å². The summed E-state index contributed by atoms with van der Waals surface area (Å²) in [5.41, 5.74) is 1.16. The molecule has 0 saturated carbocycles. The van der Waals surface area contributed by atoms with E-state index in [0.717, 1.165) is 24.3 Å². The van der Waals surface area contributed by atoms with Crippen molar-refractivity contribution in [3.63, 3.8) is 0 Å². The van der Waals surface area contributed by atoms with Gasteiger partial charge in [0.1, 0.15) is 5.75 Å². The molecule has 2 nitrogen and oxygen atoms in total. The zero-order valence-corrected chi connectivity index (χ0v) is 9.50. The summed E-state index contributed by atoms with van der Waals surface area (Å²) in [6.07, 6.45) is 4.11. The van der Waals surface area contributed by atoms with Gasteiger partial charge < -0.3 is 4.74 Å². The van der Waals surface area contributed by atoms with Gasteiger partial charge in [-0.25, -0.2) is 0 Å². The molecule has 0 fully saturated rings. The molecule has 0 aliphatic heterocycles. The van der Waals surface area contributed by atoms with Crippen LogP contribution >= 0.6 is 0 Å². The van der Waals surface area contributed by atoms with E-state index in [-0.39, 0.29) is 5.41 Å². The lowest BCUT2D eigenvalue weighted by atomic mass is 9.83. The van der Waals surface area contributed by atoms with E-state index >= 15 is 0 Å². The molecule has 0 spiro atoms. The van der Waals surface area contributed by atoms with Gasteiger partial charge in [-0.15, -0.1) is 0 Å².